The summed E-state index contributed by atoms with van der Waals surface area (Å²) < 4.78 is 36.9. The second-order valence-corrected chi connectivity index (χ2v) is 14.8. The van der Waals surface area contributed by atoms with Crippen molar-refractivity contribution < 1.29 is 37.5 Å². The van der Waals surface area contributed by atoms with Gasteiger partial charge < -0.3 is 14.8 Å². The highest BCUT2D eigenvalue weighted by atomic mass is 35.5. The number of hydrogen-bond acceptors (Lipinski definition) is 9. The molecule has 1 atom stereocenters. The number of esters is 2. The van der Waals surface area contributed by atoms with Crippen LogP contribution in [0.1, 0.15) is 58.3 Å². The number of carbonyl (C=O) groups is 3. The largest absolute Gasteiger partial charge is 0.438 e. The number of rotatable bonds is 11. The van der Waals surface area contributed by atoms with Crippen molar-refractivity contribution in [2.45, 2.75) is 47.2 Å². The molecule has 0 bridgehead atoms. The van der Waals surface area contributed by atoms with Crippen LogP contribution in [-0.4, -0.2) is 31.4 Å². The molecule has 1 amide bonds. The van der Waals surface area contributed by atoms with Crippen LogP contribution in [0.3, 0.4) is 0 Å². The fourth-order valence-corrected chi connectivity index (χ4v) is 6.41. The van der Waals surface area contributed by atoms with Crippen LogP contribution in [0.15, 0.2) is 60.1 Å². The van der Waals surface area contributed by atoms with Crippen molar-refractivity contribution in [1.82, 2.24) is 5.32 Å². The lowest BCUT2D eigenvalue weighted by Gasteiger charge is -2.27. The molecule has 42 heavy (non-hydrogen) atoms. The molecule has 0 aliphatic rings. The first-order valence-corrected chi connectivity index (χ1v) is 15.9. The van der Waals surface area contributed by atoms with Gasteiger partial charge in [0.25, 0.3) is 0 Å². The number of thiophene rings is 1. The first-order chi connectivity index (χ1) is 19.6. The Hall–Kier alpha value is -3.01. The summed E-state index contributed by atoms with van der Waals surface area (Å²) in [7, 11) is -4.56. The number of ether oxygens (including phenoxy) is 2. The molecule has 2 aromatic carbocycles. The van der Waals surface area contributed by atoms with Gasteiger partial charge >= 0.3 is 19.5 Å². The Morgan fingerprint density at radius 2 is 1.50 bits per heavy atom. The molecule has 12 heteroatoms. The topological polar surface area (TPSA) is 117 Å². The summed E-state index contributed by atoms with van der Waals surface area (Å²) in [6.07, 6.45) is 3.08. The molecule has 1 N–H and O–H groups in total. The monoisotopic (exact) mass is 635 g/mol. The zero-order valence-corrected chi connectivity index (χ0v) is 26.8. The molecule has 3 aromatic rings. The van der Waals surface area contributed by atoms with Gasteiger partial charge in [-0.2, -0.15) is 0 Å². The van der Waals surface area contributed by atoms with E-state index in [9.17, 15) is 18.9 Å². The minimum atomic E-state index is -4.56. The number of nitrogens with one attached hydrogen (secondary N) is 1. The Morgan fingerprint density at radius 3 is 2.05 bits per heavy atom. The van der Waals surface area contributed by atoms with Gasteiger partial charge in [-0.15, -0.1) is 11.3 Å². The highest BCUT2D eigenvalue weighted by molar-refractivity contribution is 7.55. The van der Waals surface area contributed by atoms with E-state index in [0.29, 0.717) is 16.0 Å². The predicted molar refractivity (Wildman–Crippen MR) is 164 cm³/mol. The Kier molecular flexibility index (Phi) is 11.1. The van der Waals surface area contributed by atoms with E-state index in [1.54, 1.807) is 71.2 Å². The Balaban J connectivity index is 2.01. The zero-order valence-electron chi connectivity index (χ0n) is 24.3. The first-order valence-electron chi connectivity index (χ1n) is 13.0. The zero-order chi connectivity index (χ0) is 31.1. The molecule has 9 nitrogen and oxygen atoms in total. The van der Waals surface area contributed by atoms with E-state index in [1.807, 2.05) is 30.3 Å². The number of carbonyl (C=O) groups excluding carboxylic acids is 3. The fraction of sp³-hybridized carbons (Fsp3) is 0.367. The van der Waals surface area contributed by atoms with E-state index in [2.05, 4.69) is 5.32 Å². The van der Waals surface area contributed by atoms with Crippen molar-refractivity contribution in [3.63, 3.8) is 0 Å². The number of fused-ring (bicyclic) bond motifs is 1. The molecular formula is C30H35ClNO8PS. The van der Waals surface area contributed by atoms with E-state index in [-0.39, 0.29) is 0 Å². The van der Waals surface area contributed by atoms with Crippen molar-refractivity contribution >= 4 is 64.5 Å². The summed E-state index contributed by atoms with van der Waals surface area (Å²) in [6.45, 7) is 8.34. The Bertz CT molecular complexity index is 1450. The summed E-state index contributed by atoms with van der Waals surface area (Å²) in [5.74, 6) is -1.96. The molecule has 0 saturated heterocycles. The van der Waals surface area contributed by atoms with E-state index in [1.165, 1.54) is 17.5 Å². The van der Waals surface area contributed by atoms with Crippen LogP contribution in [0, 0.1) is 10.8 Å². The lowest BCUT2D eigenvalue weighted by Crippen LogP contribution is -2.29. The fourth-order valence-electron chi connectivity index (χ4n) is 3.48. The number of hydrogen-bond donors (Lipinski definition) is 1. The van der Waals surface area contributed by atoms with Crippen LogP contribution in [0.25, 0.3) is 16.2 Å². The minimum Gasteiger partial charge on any atom is -0.438 e. The third-order valence-electron chi connectivity index (χ3n) is 5.80. The van der Waals surface area contributed by atoms with Crippen LogP contribution in [0.5, 0.6) is 0 Å². The molecule has 226 valence electrons. The summed E-state index contributed by atoms with van der Waals surface area (Å²) in [4.78, 5) is 38.5. The van der Waals surface area contributed by atoms with Crippen molar-refractivity contribution in [3.05, 3.63) is 76.3 Å². The SMILES string of the molecule is CC(C)(C)C(=O)OCOP(=O)(OCOC(=O)C(C)(C)C)C(C(=O)NC=Cc1ccccc1)c1csc2ccc(Cl)cc12. The maximum Gasteiger partial charge on any atom is 0.353 e. The summed E-state index contributed by atoms with van der Waals surface area (Å²) in [5.41, 5.74) is -2.14. The second-order valence-electron chi connectivity index (χ2n) is 11.4. The van der Waals surface area contributed by atoms with Crippen LogP contribution < -0.4 is 5.32 Å². The molecular weight excluding hydrogens is 601 g/mol. The van der Waals surface area contributed by atoms with Crippen molar-refractivity contribution in [3.8, 4) is 0 Å². The van der Waals surface area contributed by atoms with Gasteiger partial charge in [0.2, 0.25) is 19.5 Å². The van der Waals surface area contributed by atoms with Gasteiger partial charge in [-0.1, -0.05) is 41.9 Å². The molecule has 0 radical (unpaired) electrons. The van der Waals surface area contributed by atoms with Gasteiger partial charge in [0, 0.05) is 15.9 Å². The van der Waals surface area contributed by atoms with E-state index in [4.69, 9.17) is 30.1 Å². The van der Waals surface area contributed by atoms with E-state index < -0.39 is 55.5 Å². The summed E-state index contributed by atoms with van der Waals surface area (Å²) in [5, 5.41) is 5.28. The third kappa shape index (κ3) is 8.99. The highest BCUT2D eigenvalue weighted by Crippen LogP contribution is 2.62. The maximum absolute atomic E-state index is 14.5. The number of benzene rings is 2. The third-order valence-corrected chi connectivity index (χ3v) is 9.09. The van der Waals surface area contributed by atoms with Crippen LogP contribution in [0.2, 0.25) is 5.02 Å². The molecule has 1 heterocycles. The molecule has 0 spiro atoms. The molecule has 1 unspecified atom stereocenters. The minimum absolute atomic E-state index is 0.316. The predicted octanol–water partition coefficient (Wildman–Crippen LogP) is 7.70. The molecule has 0 saturated carbocycles. The molecule has 0 aliphatic heterocycles. The quantitative estimate of drug-likeness (QED) is 0.129. The number of halogens is 1. The van der Waals surface area contributed by atoms with Crippen molar-refractivity contribution in [2.75, 3.05) is 13.6 Å². The van der Waals surface area contributed by atoms with Crippen LogP contribution in [0.4, 0.5) is 0 Å². The van der Waals surface area contributed by atoms with Gasteiger partial charge in [-0.3, -0.25) is 28.0 Å². The van der Waals surface area contributed by atoms with E-state index in [0.717, 1.165) is 10.3 Å². The highest BCUT2D eigenvalue weighted by Gasteiger charge is 2.45. The van der Waals surface area contributed by atoms with Crippen LogP contribution in [-0.2, 0) is 37.5 Å². The normalized spacial score (nSPS) is 13.2. The molecule has 0 fully saturated rings. The van der Waals surface area contributed by atoms with Crippen molar-refractivity contribution in [1.29, 1.82) is 0 Å². The lowest BCUT2D eigenvalue weighted by molar-refractivity contribution is -0.162. The van der Waals surface area contributed by atoms with E-state index >= 15 is 0 Å². The van der Waals surface area contributed by atoms with Gasteiger partial charge in [-0.25, -0.2) is 0 Å². The summed E-state index contributed by atoms with van der Waals surface area (Å²) >= 11 is 7.58. The Morgan fingerprint density at radius 1 is 0.929 bits per heavy atom. The van der Waals surface area contributed by atoms with Crippen LogP contribution >= 0.6 is 30.5 Å². The lowest BCUT2D eigenvalue weighted by atomic mass is 9.98. The number of amides is 1. The maximum atomic E-state index is 14.5. The summed E-state index contributed by atoms with van der Waals surface area (Å²) in [6, 6.07) is 14.4. The smallest absolute Gasteiger partial charge is 0.353 e. The average molecular weight is 636 g/mol. The average Bonchev–Trinajstić information content (AvgIpc) is 3.30. The standard InChI is InChI=1S/C30H35ClNO8PS/c1-29(2,3)27(34)37-18-39-41(36,40-19-38-28(35)30(4,5)6)25(23-17-42-24-13-12-21(31)16-22(23)24)26(33)32-15-14-20-10-8-7-9-11-20/h7-17,25H,18-19H2,1-6H3,(H,32,33). The second kappa shape index (κ2) is 14.0. The van der Waals surface area contributed by atoms with Gasteiger partial charge in [0.15, 0.2) is 5.66 Å². The molecule has 3 rings (SSSR count). The van der Waals surface area contributed by atoms with Gasteiger partial charge in [0.1, 0.15) is 0 Å². The van der Waals surface area contributed by atoms with Gasteiger partial charge in [0.05, 0.1) is 10.8 Å². The Labute approximate surface area is 254 Å². The van der Waals surface area contributed by atoms with Gasteiger partial charge in [-0.05, 0) is 87.7 Å². The molecule has 0 aliphatic carbocycles. The first kappa shape index (κ1) is 33.5. The van der Waals surface area contributed by atoms with Crippen molar-refractivity contribution in [2.24, 2.45) is 10.8 Å². The molecule has 1 aromatic heterocycles.